The van der Waals surface area contributed by atoms with Gasteiger partial charge in [-0.25, -0.2) is 4.98 Å². The van der Waals surface area contributed by atoms with Crippen LogP contribution in [-0.2, 0) is 20.7 Å². The quantitative estimate of drug-likeness (QED) is 0.682. The molecule has 0 unspecified atom stereocenters. The Hall–Kier alpha value is -3.19. The predicted octanol–water partition coefficient (Wildman–Crippen LogP) is 2.37. The van der Waals surface area contributed by atoms with Gasteiger partial charge in [0.15, 0.2) is 6.10 Å². The minimum Gasteiger partial charge on any atom is -0.356 e. The van der Waals surface area contributed by atoms with Crippen LogP contribution < -0.4 is 5.32 Å². The molecule has 156 valence electrons. The van der Waals surface area contributed by atoms with Crippen LogP contribution in [0.2, 0.25) is 0 Å². The van der Waals surface area contributed by atoms with Gasteiger partial charge in [0.2, 0.25) is 5.91 Å². The Balaban J connectivity index is 1.47. The number of rotatable bonds is 6. The van der Waals surface area contributed by atoms with Crippen molar-refractivity contribution in [2.75, 3.05) is 13.2 Å². The summed E-state index contributed by atoms with van der Waals surface area (Å²) in [6, 6.07) is 14.9. The molecule has 1 aliphatic rings. The highest BCUT2D eigenvalue weighted by molar-refractivity contribution is 5.86. The van der Waals surface area contributed by atoms with Crippen LogP contribution in [0.25, 0.3) is 5.65 Å². The smallest absolute Gasteiger partial charge is 0.251 e. The number of hydrogen-bond acceptors (Lipinski definition) is 4. The number of fused-ring (bicyclic) bond motifs is 1. The van der Waals surface area contributed by atoms with Gasteiger partial charge in [0.05, 0.1) is 11.7 Å². The van der Waals surface area contributed by atoms with Gasteiger partial charge >= 0.3 is 0 Å². The number of nitrogens with one attached hydrogen (secondary N) is 1. The van der Waals surface area contributed by atoms with E-state index in [0.717, 1.165) is 16.9 Å². The summed E-state index contributed by atoms with van der Waals surface area (Å²) in [6.45, 7) is 4.26. The predicted molar refractivity (Wildman–Crippen MR) is 113 cm³/mol. The number of amides is 2. The van der Waals surface area contributed by atoms with Crippen molar-refractivity contribution in [2.45, 2.75) is 38.5 Å². The number of benzene rings is 1. The average Bonchev–Trinajstić information content (AvgIpc) is 3.16. The molecule has 3 aromatic rings. The summed E-state index contributed by atoms with van der Waals surface area (Å²) < 4.78 is 7.68. The van der Waals surface area contributed by atoms with Crippen LogP contribution in [0.1, 0.15) is 31.1 Å². The Labute approximate surface area is 175 Å². The third kappa shape index (κ3) is 4.07. The molecular weight excluding hydrogens is 380 g/mol. The maximum absolute atomic E-state index is 13.0. The van der Waals surface area contributed by atoms with Crippen LogP contribution in [0.3, 0.4) is 0 Å². The molecule has 0 spiro atoms. The Kier molecular flexibility index (Phi) is 5.81. The van der Waals surface area contributed by atoms with Crippen molar-refractivity contribution >= 4 is 17.5 Å². The first kappa shape index (κ1) is 20.1. The second kappa shape index (κ2) is 8.67. The molecule has 4 rings (SSSR count). The van der Waals surface area contributed by atoms with E-state index in [1.54, 1.807) is 4.90 Å². The molecule has 7 heteroatoms. The fraction of sp³-hybridized carbons (Fsp3) is 0.348. The number of aromatic nitrogens is 2. The number of carbonyl (C=O) groups excluding carboxylic acids is 2. The molecule has 1 aromatic carbocycles. The van der Waals surface area contributed by atoms with Crippen LogP contribution in [0.4, 0.5) is 0 Å². The standard InChI is InChI=1S/C23H26N4O3/c1-16(2)27-20(28)15-30-22(21(27)17-8-4-3-5-9-17)23(29)24-12-11-18-14-26-13-7-6-10-19(26)25-18/h3-10,13-14,16,21-22H,11-12,15H2,1-2H3,(H,24,29)/t21-,22+/m1/s1. The summed E-state index contributed by atoms with van der Waals surface area (Å²) in [5, 5.41) is 2.97. The fourth-order valence-corrected chi connectivity index (χ4v) is 3.96. The molecule has 0 aliphatic carbocycles. The number of imidazole rings is 1. The lowest BCUT2D eigenvalue weighted by atomic mass is 9.95. The van der Waals surface area contributed by atoms with E-state index >= 15 is 0 Å². The summed E-state index contributed by atoms with van der Waals surface area (Å²) in [6.07, 6.45) is 3.77. The van der Waals surface area contributed by atoms with E-state index in [2.05, 4.69) is 10.3 Å². The van der Waals surface area contributed by atoms with E-state index in [1.165, 1.54) is 0 Å². The van der Waals surface area contributed by atoms with Gasteiger partial charge in [-0.2, -0.15) is 0 Å². The van der Waals surface area contributed by atoms with Crippen LogP contribution in [-0.4, -0.2) is 51.4 Å². The highest BCUT2D eigenvalue weighted by Gasteiger charge is 2.42. The first-order valence-electron chi connectivity index (χ1n) is 10.2. The SMILES string of the molecule is CC(C)N1C(=O)CO[C@H](C(=O)NCCc2cn3ccccc3n2)[C@H]1c1ccccc1. The van der Waals surface area contributed by atoms with Crippen molar-refractivity contribution in [3.8, 4) is 0 Å². The average molecular weight is 406 g/mol. The van der Waals surface area contributed by atoms with E-state index in [1.807, 2.05) is 79.2 Å². The molecular formula is C23H26N4O3. The summed E-state index contributed by atoms with van der Waals surface area (Å²) in [7, 11) is 0. The van der Waals surface area contributed by atoms with Crippen LogP contribution in [0.5, 0.6) is 0 Å². The lowest BCUT2D eigenvalue weighted by Crippen LogP contribution is -2.56. The summed E-state index contributed by atoms with van der Waals surface area (Å²) in [5.41, 5.74) is 2.68. The van der Waals surface area contributed by atoms with E-state index in [0.29, 0.717) is 13.0 Å². The first-order chi connectivity index (χ1) is 14.5. The summed E-state index contributed by atoms with van der Waals surface area (Å²) in [4.78, 5) is 31.9. The summed E-state index contributed by atoms with van der Waals surface area (Å²) in [5.74, 6) is -0.321. The van der Waals surface area contributed by atoms with Crippen molar-refractivity contribution < 1.29 is 14.3 Å². The topological polar surface area (TPSA) is 75.9 Å². The molecule has 2 aromatic heterocycles. The van der Waals surface area contributed by atoms with Gasteiger partial charge in [-0.1, -0.05) is 36.4 Å². The number of morpholine rings is 1. The van der Waals surface area contributed by atoms with E-state index in [4.69, 9.17) is 4.74 Å². The van der Waals surface area contributed by atoms with Crippen molar-refractivity contribution in [1.29, 1.82) is 0 Å². The van der Waals surface area contributed by atoms with Gasteiger partial charge in [0, 0.05) is 31.4 Å². The van der Waals surface area contributed by atoms with Gasteiger partial charge in [-0.05, 0) is 31.5 Å². The third-order valence-electron chi connectivity index (χ3n) is 5.31. The second-order valence-electron chi connectivity index (χ2n) is 7.72. The third-order valence-corrected chi connectivity index (χ3v) is 5.31. The number of carbonyl (C=O) groups is 2. The fourth-order valence-electron chi connectivity index (χ4n) is 3.96. The minimum atomic E-state index is -0.756. The molecule has 2 atom stereocenters. The zero-order chi connectivity index (χ0) is 21.1. The monoisotopic (exact) mass is 406 g/mol. The van der Waals surface area contributed by atoms with E-state index in [9.17, 15) is 9.59 Å². The largest absolute Gasteiger partial charge is 0.356 e. The lowest BCUT2D eigenvalue weighted by Gasteiger charge is -2.42. The number of hydrogen-bond donors (Lipinski definition) is 1. The van der Waals surface area contributed by atoms with Crippen molar-refractivity contribution in [3.63, 3.8) is 0 Å². The zero-order valence-electron chi connectivity index (χ0n) is 17.2. The molecule has 1 fully saturated rings. The maximum Gasteiger partial charge on any atom is 0.251 e. The molecule has 30 heavy (non-hydrogen) atoms. The Morgan fingerprint density at radius 1 is 1.20 bits per heavy atom. The molecule has 1 aliphatic heterocycles. The second-order valence-corrected chi connectivity index (χ2v) is 7.72. The van der Waals surface area contributed by atoms with Gasteiger partial charge in [0.25, 0.3) is 5.91 Å². The maximum atomic E-state index is 13.0. The van der Waals surface area contributed by atoms with E-state index in [-0.39, 0.29) is 24.5 Å². The Bertz CT molecular complexity index is 998. The number of ether oxygens (including phenoxy) is 1. The first-order valence-corrected chi connectivity index (χ1v) is 10.2. The van der Waals surface area contributed by atoms with Crippen molar-refractivity contribution in [1.82, 2.24) is 19.6 Å². The van der Waals surface area contributed by atoms with Crippen LogP contribution >= 0.6 is 0 Å². The van der Waals surface area contributed by atoms with Crippen LogP contribution in [0, 0.1) is 0 Å². The van der Waals surface area contributed by atoms with Gasteiger partial charge in [0.1, 0.15) is 12.3 Å². The van der Waals surface area contributed by atoms with E-state index < -0.39 is 12.1 Å². The molecule has 0 saturated carbocycles. The molecule has 0 radical (unpaired) electrons. The number of nitrogens with zero attached hydrogens (tertiary/aromatic N) is 3. The summed E-state index contributed by atoms with van der Waals surface area (Å²) >= 11 is 0. The van der Waals surface area contributed by atoms with Gasteiger partial charge < -0.3 is 19.4 Å². The van der Waals surface area contributed by atoms with Crippen molar-refractivity contribution in [2.24, 2.45) is 0 Å². The molecule has 1 N–H and O–H groups in total. The molecule has 0 bridgehead atoms. The van der Waals surface area contributed by atoms with Crippen LogP contribution in [0.15, 0.2) is 60.9 Å². The molecule has 7 nitrogen and oxygen atoms in total. The van der Waals surface area contributed by atoms with Crippen molar-refractivity contribution in [3.05, 3.63) is 72.2 Å². The molecule has 2 amide bonds. The Morgan fingerprint density at radius 3 is 2.70 bits per heavy atom. The number of pyridine rings is 1. The van der Waals surface area contributed by atoms with Gasteiger partial charge in [-0.3, -0.25) is 9.59 Å². The highest BCUT2D eigenvalue weighted by Crippen LogP contribution is 2.32. The van der Waals surface area contributed by atoms with Gasteiger partial charge in [-0.15, -0.1) is 0 Å². The molecule has 1 saturated heterocycles. The Morgan fingerprint density at radius 2 is 1.97 bits per heavy atom. The highest BCUT2D eigenvalue weighted by atomic mass is 16.5. The minimum absolute atomic E-state index is 0.0418. The normalized spacial score (nSPS) is 19.4. The zero-order valence-corrected chi connectivity index (χ0v) is 17.2. The lowest BCUT2D eigenvalue weighted by molar-refractivity contribution is -0.167. The molecule has 3 heterocycles.